The number of phenolic OH excluding ortho intramolecular Hbond substituents is 1. The Balaban J connectivity index is 2.90. The Labute approximate surface area is 91.4 Å². The quantitative estimate of drug-likeness (QED) is 0.686. The van der Waals surface area contributed by atoms with E-state index >= 15 is 0 Å². The van der Waals surface area contributed by atoms with Gasteiger partial charge in [0.1, 0.15) is 17.1 Å². The van der Waals surface area contributed by atoms with Crippen molar-refractivity contribution in [3.63, 3.8) is 0 Å². The van der Waals surface area contributed by atoms with Gasteiger partial charge in [0.15, 0.2) is 0 Å². The summed E-state index contributed by atoms with van der Waals surface area (Å²) >= 11 is 0. The Bertz CT molecular complexity index is 587. The van der Waals surface area contributed by atoms with Crippen LogP contribution in [0.2, 0.25) is 0 Å². The van der Waals surface area contributed by atoms with E-state index in [2.05, 4.69) is 0 Å². The molecule has 0 aliphatic rings. The van der Waals surface area contributed by atoms with Crippen molar-refractivity contribution in [1.29, 1.82) is 0 Å². The standard InChI is InChI=1S/C12H10O4/c1-6-9-5-8(13)3-2-7(9)4-10(14)11(6)12(15)16/h2-5,13-14H,1H3,(H,15,16). The number of carboxylic acid groups (broad SMARTS) is 1. The molecule has 3 N–H and O–H groups in total. The van der Waals surface area contributed by atoms with Crippen LogP contribution in [0.4, 0.5) is 0 Å². The average molecular weight is 218 g/mol. The minimum Gasteiger partial charge on any atom is -0.508 e. The molecule has 0 saturated carbocycles. The van der Waals surface area contributed by atoms with Crippen LogP contribution in [0.5, 0.6) is 11.5 Å². The van der Waals surface area contributed by atoms with E-state index in [0.717, 1.165) is 0 Å². The number of aromatic hydroxyl groups is 2. The number of benzene rings is 2. The molecule has 0 bridgehead atoms. The molecule has 2 rings (SSSR count). The number of rotatable bonds is 1. The highest BCUT2D eigenvalue weighted by atomic mass is 16.4. The molecule has 16 heavy (non-hydrogen) atoms. The summed E-state index contributed by atoms with van der Waals surface area (Å²) in [5, 5.41) is 29.2. The van der Waals surface area contributed by atoms with Crippen molar-refractivity contribution >= 4 is 16.7 Å². The van der Waals surface area contributed by atoms with Gasteiger partial charge in [0.05, 0.1) is 0 Å². The second-order valence-electron chi connectivity index (χ2n) is 3.61. The second kappa shape index (κ2) is 3.41. The molecular weight excluding hydrogens is 208 g/mol. The topological polar surface area (TPSA) is 77.8 Å². The van der Waals surface area contributed by atoms with E-state index < -0.39 is 5.97 Å². The molecule has 0 aliphatic carbocycles. The van der Waals surface area contributed by atoms with E-state index in [1.54, 1.807) is 13.0 Å². The van der Waals surface area contributed by atoms with E-state index in [1.807, 2.05) is 0 Å². The van der Waals surface area contributed by atoms with Gasteiger partial charge in [-0.3, -0.25) is 0 Å². The van der Waals surface area contributed by atoms with Gasteiger partial charge >= 0.3 is 5.97 Å². The van der Waals surface area contributed by atoms with Crippen LogP contribution in [0.1, 0.15) is 15.9 Å². The molecule has 0 saturated heterocycles. The van der Waals surface area contributed by atoms with Gasteiger partial charge in [-0.15, -0.1) is 0 Å². The van der Waals surface area contributed by atoms with Crippen molar-refractivity contribution in [2.24, 2.45) is 0 Å². The fraction of sp³-hybridized carbons (Fsp3) is 0.0833. The maximum atomic E-state index is 10.9. The molecule has 0 amide bonds. The van der Waals surface area contributed by atoms with Crippen LogP contribution in [0.3, 0.4) is 0 Å². The molecule has 0 spiro atoms. The zero-order valence-corrected chi connectivity index (χ0v) is 8.56. The van der Waals surface area contributed by atoms with E-state index in [-0.39, 0.29) is 17.1 Å². The maximum absolute atomic E-state index is 10.9. The lowest BCUT2D eigenvalue weighted by atomic mass is 9.99. The summed E-state index contributed by atoms with van der Waals surface area (Å²) in [4.78, 5) is 10.9. The van der Waals surface area contributed by atoms with E-state index in [0.29, 0.717) is 16.3 Å². The van der Waals surface area contributed by atoms with Crippen LogP contribution in [-0.2, 0) is 0 Å². The van der Waals surface area contributed by atoms with Gasteiger partial charge in [0, 0.05) is 0 Å². The summed E-state index contributed by atoms with van der Waals surface area (Å²) in [6.07, 6.45) is 0. The molecule has 82 valence electrons. The first-order chi connectivity index (χ1) is 7.50. The van der Waals surface area contributed by atoms with Crippen LogP contribution in [-0.4, -0.2) is 21.3 Å². The van der Waals surface area contributed by atoms with Gasteiger partial charge in [0.2, 0.25) is 0 Å². The molecule has 2 aromatic rings. The lowest BCUT2D eigenvalue weighted by molar-refractivity contribution is 0.0693. The number of carboxylic acids is 1. The Morgan fingerprint density at radius 1 is 1.19 bits per heavy atom. The highest BCUT2D eigenvalue weighted by Gasteiger charge is 2.15. The Hall–Kier alpha value is -2.23. The first-order valence-corrected chi connectivity index (χ1v) is 4.69. The monoisotopic (exact) mass is 218 g/mol. The van der Waals surface area contributed by atoms with Gasteiger partial charge < -0.3 is 15.3 Å². The fourth-order valence-corrected chi connectivity index (χ4v) is 1.81. The molecule has 0 unspecified atom stereocenters. The van der Waals surface area contributed by atoms with Crippen LogP contribution >= 0.6 is 0 Å². The summed E-state index contributed by atoms with van der Waals surface area (Å²) < 4.78 is 0. The molecule has 0 atom stereocenters. The summed E-state index contributed by atoms with van der Waals surface area (Å²) in [6, 6.07) is 5.98. The highest BCUT2D eigenvalue weighted by molar-refractivity contribution is 6.01. The normalized spacial score (nSPS) is 10.6. The molecule has 0 heterocycles. The fourth-order valence-electron chi connectivity index (χ4n) is 1.81. The van der Waals surface area contributed by atoms with Crippen LogP contribution < -0.4 is 0 Å². The van der Waals surface area contributed by atoms with Crippen molar-refractivity contribution in [3.05, 3.63) is 35.4 Å². The zero-order valence-electron chi connectivity index (χ0n) is 8.56. The second-order valence-corrected chi connectivity index (χ2v) is 3.61. The molecule has 0 radical (unpaired) electrons. The number of phenols is 2. The summed E-state index contributed by atoms with van der Waals surface area (Å²) in [5.41, 5.74) is 0.316. The van der Waals surface area contributed by atoms with Crippen molar-refractivity contribution in [1.82, 2.24) is 0 Å². The number of carbonyl (C=O) groups is 1. The molecular formula is C12H10O4. The highest BCUT2D eigenvalue weighted by Crippen LogP contribution is 2.31. The average Bonchev–Trinajstić information content (AvgIpc) is 2.19. The molecule has 4 heteroatoms. The summed E-state index contributed by atoms with van der Waals surface area (Å²) in [7, 11) is 0. The third-order valence-corrected chi connectivity index (χ3v) is 2.58. The predicted octanol–water partition coefficient (Wildman–Crippen LogP) is 2.26. The Kier molecular flexibility index (Phi) is 2.20. The largest absolute Gasteiger partial charge is 0.508 e. The molecule has 4 nitrogen and oxygen atoms in total. The van der Waals surface area contributed by atoms with Crippen molar-refractivity contribution in [2.45, 2.75) is 6.92 Å². The molecule has 0 aromatic heterocycles. The minimum atomic E-state index is -1.18. The number of aryl methyl sites for hydroxylation is 1. The van der Waals surface area contributed by atoms with Crippen LogP contribution in [0.25, 0.3) is 10.8 Å². The number of hydrogen-bond acceptors (Lipinski definition) is 3. The predicted molar refractivity (Wildman–Crippen MR) is 59.0 cm³/mol. The van der Waals surface area contributed by atoms with Crippen molar-refractivity contribution in [2.75, 3.05) is 0 Å². The molecule has 0 fully saturated rings. The third kappa shape index (κ3) is 1.44. The smallest absolute Gasteiger partial charge is 0.339 e. The van der Waals surface area contributed by atoms with Crippen molar-refractivity contribution in [3.8, 4) is 11.5 Å². The Morgan fingerprint density at radius 3 is 2.50 bits per heavy atom. The number of aromatic carboxylic acids is 1. The van der Waals surface area contributed by atoms with Crippen LogP contribution in [0.15, 0.2) is 24.3 Å². The van der Waals surface area contributed by atoms with E-state index in [9.17, 15) is 15.0 Å². The number of hydrogen-bond donors (Lipinski definition) is 3. The third-order valence-electron chi connectivity index (χ3n) is 2.58. The van der Waals surface area contributed by atoms with Gasteiger partial charge in [-0.1, -0.05) is 6.07 Å². The lowest BCUT2D eigenvalue weighted by Crippen LogP contribution is -2.00. The van der Waals surface area contributed by atoms with Crippen molar-refractivity contribution < 1.29 is 20.1 Å². The van der Waals surface area contributed by atoms with E-state index in [1.165, 1.54) is 18.2 Å². The Morgan fingerprint density at radius 2 is 1.88 bits per heavy atom. The van der Waals surface area contributed by atoms with Crippen LogP contribution in [0, 0.1) is 6.92 Å². The lowest BCUT2D eigenvalue weighted by Gasteiger charge is -2.08. The molecule has 2 aromatic carbocycles. The maximum Gasteiger partial charge on any atom is 0.339 e. The summed E-state index contributed by atoms with van der Waals surface area (Å²) in [6.45, 7) is 1.60. The van der Waals surface area contributed by atoms with Gasteiger partial charge in [-0.25, -0.2) is 4.79 Å². The van der Waals surface area contributed by atoms with Gasteiger partial charge in [-0.2, -0.15) is 0 Å². The number of fused-ring (bicyclic) bond motifs is 1. The van der Waals surface area contributed by atoms with E-state index in [4.69, 9.17) is 5.11 Å². The minimum absolute atomic E-state index is 0.0672. The molecule has 0 aliphatic heterocycles. The van der Waals surface area contributed by atoms with Gasteiger partial charge in [-0.05, 0) is 41.5 Å². The first-order valence-electron chi connectivity index (χ1n) is 4.69. The van der Waals surface area contributed by atoms with Gasteiger partial charge in [0.25, 0.3) is 0 Å². The zero-order chi connectivity index (χ0) is 11.9. The summed E-state index contributed by atoms with van der Waals surface area (Å²) in [5.74, 6) is -1.37. The first kappa shape index (κ1) is 10.3. The SMILES string of the molecule is Cc1c(C(=O)O)c(O)cc2ccc(O)cc12.